The van der Waals surface area contributed by atoms with E-state index in [0.29, 0.717) is 11.5 Å². The first kappa shape index (κ1) is 13.9. The summed E-state index contributed by atoms with van der Waals surface area (Å²) >= 11 is 1.39. The molecule has 1 saturated carbocycles. The lowest BCUT2D eigenvalue weighted by molar-refractivity contribution is -0.170. The van der Waals surface area contributed by atoms with Crippen molar-refractivity contribution in [2.75, 3.05) is 5.75 Å². The van der Waals surface area contributed by atoms with Gasteiger partial charge >= 0.3 is 6.18 Å². The molecule has 1 atom stereocenters. The second-order valence-electron chi connectivity index (χ2n) is 4.23. The number of hydrogen-bond acceptors (Lipinski definition) is 2. The number of alkyl halides is 3. The van der Waals surface area contributed by atoms with Gasteiger partial charge in [-0.2, -0.15) is 24.9 Å². The largest absolute Gasteiger partial charge is 0.393 e. The van der Waals surface area contributed by atoms with Gasteiger partial charge in [0.1, 0.15) is 6.29 Å². The average Bonchev–Trinajstić information content (AvgIpc) is 2.24. The molecule has 0 radical (unpaired) electrons. The molecule has 1 aliphatic carbocycles. The molecule has 0 N–H and O–H groups in total. The zero-order chi connectivity index (χ0) is 12.0. The lowest BCUT2D eigenvalue weighted by Gasteiger charge is -2.24. The molecule has 0 aromatic rings. The highest BCUT2D eigenvalue weighted by atomic mass is 32.2. The van der Waals surface area contributed by atoms with Crippen LogP contribution in [-0.2, 0) is 4.79 Å². The first-order valence-corrected chi connectivity index (χ1v) is 6.71. The minimum Gasteiger partial charge on any atom is -0.303 e. The van der Waals surface area contributed by atoms with Gasteiger partial charge < -0.3 is 4.79 Å². The molecular weight excluding hydrogens is 237 g/mol. The summed E-state index contributed by atoms with van der Waals surface area (Å²) < 4.78 is 37.5. The molecule has 16 heavy (non-hydrogen) atoms. The lowest BCUT2D eigenvalue weighted by atomic mass is 10.0. The molecule has 0 spiro atoms. The lowest BCUT2D eigenvalue weighted by Crippen LogP contribution is -2.26. The van der Waals surface area contributed by atoms with E-state index in [9.17, 15) is 18.0 Å². The Morgan fingerprint density at radius 2 is 1.88 bits per heavy atom. The maximum Gasteiger partial charge on any atom is 0.393 e. The molecule has 1 fully saturated rings. The van der Waals surface area contributed by atoms with E-state index >= 15 is 0 Å². The molecule has 1 rings (SSSR count). The first-order valence-electron chi connectivity index (χ1n) is 5.66. The fraction of sp³-hybridized carbons (Fsp3) is 0.909. The van der Waals surface area contributed by atoms with Crippen LogP contribution in [0.3, 0.4) is 0 Å². The number of halogens is 3. The Morgan fingerprint density at radius 1 is 1.25 bits per heavy atom. The predicted molar refractivity (Wildman–Crippen MR) is 59.6 cm³/mol. The summed E-state index contributed by atoms with van der Waals surface area (Å²) in [6.45, 7) is 0. The molecular formula is C11H17F3OS. The molecule has 0 heterocycles. The van der Waals surface area contributed by atoms with Crippen molar-refractivity contribution >= 4 is 18.0 Å². The van der Waals surface area contributed by atoms with Crippen LogP contribution < -0.4 is 0 Å². The Hall–Kier alpha value is -0.190. The van der Waals surface area contributed by atoms with Gasteiger partial charge in [0.2, 0.25) is 0 Å². The Labute approximate surface area is 98.2 Å². The molecule has 5 heteroatoms. The van der Waals surface area contributed by atoms with Crippen LogP contribution in [0.1, 0.15) is 38.5 Å². The highest BCUT2D eigenvalue weighted by molar-refractivity contribution is 7.99. The Balaban J connectivity index is 2.33. The summed E-state index contributed by atoms with van der Waals surface area (Å²) in [5.74, 6) is -1.43. The molecule has 1 nitrogen and oxygen atoms in total. The third-order valence-corrected chi connectivity index (χ3v) is 4.47. The van der Waals surface area contributed by atoms with E-state index in [1.807, 2.05) is 0 Å². The summed E-state index contributed by atoms with van der Waals surface area (Å²) in [4.78, 5) is 10.2. The Bertz CT molecular complexity index is 212. The third kappa shape index (κ3) is 4.76. The molecule has 94 valence electrons. The highest BCUT2D eigenvalue weighted by Gasteiger charge is 2.39. The number of aldehydes is 1. The van der Waals surface area contributed by atoms with Gasteiger partial charge in [-0.05, 0) is 12.8 Å². The Morgan fingerprint density at radius 3 is 2.38 bits per heavy atom. The van der Waals surface area contributed by atoms with Crippen molar-refractivity contribution in [3.8, 4) is 0 Å². The second kappa shape index (κ2) is 6.52. The van der Waals surface area contributed by atoms with Gasteiger partial charge in [0, 0.05) is 17.4 Å². The normalized spacial score (nSPS) is 20.7. The minimum atomic E-state index is -4.23. The second-order valence-corrected chi connectivity index (χ2v) is 5.57. The number of hydrogen-bond donors (Lipinski definition) is 0. The van der Waals surface area contributed by atoms with Gasteiger partial charge in [0.05, 0.1) is 5.92 Å². The first-order chi connectivity index (χ1) is 7.54. The van der Waals surface area contributed by atoms with Crippen LogP contribution in [0.2, 0.25) is 0 Å². The fourth-order valence-electron chi connectivity index (χ4n) is 1.90. The molecule has 0 saturated heterocycles. The highest BCUT2D eigenvalue weighted by Crippen LogP contribution is 2.35. The quantitative estimate of drug-likeness (QED) is 0.694. The van der Waals surface area contributed by atoms with E-state index in [4.69, 9.17) is 0 Å². The summed E-state index contributed by atoms with van der Waals surface area (Å²) in [6, 6.07) is 0. The number of carbonyl (C=O) groups is 1. The van der Waals surface area contributed by atoms with Crippen LogP contribution in [0, 0.1) is 5.92 Å². The molecule has 0 amide bonds. The topological polar surface area (TPSA) is 17.1 Å². The van der Waals surface area contributed by atoms with Crippen molar-refractivity contribution in [3.63, 3.8) is 0 Å². The summed E-state index contributed by atoms with van der Waals surface area (Å²) in [5.41, 5.74) is 0. The number of carbonyl (C=O) groups excluding carboxylic acids is 1. The minimum absolute atomic E-state index is 0.0346. The average molecular weight is 254 g/mol. The van der Waals surface area contributed by atoms with Gasteiger partial charge in [-0.3, -0.25) is 0 Å². The van der Waals surface area contributed by atoms with Gasteiger partial charge in [-0.25, -0.2) is 0 Å². The van der Waals surface area contributed by atoms with E-state index in [1.54, 1.807) is 0 Å². The number of rotatable bonds is 5. The van der Waals surface area contributed by atoms with E-state index < -0.39 is 18.5 Å². The number of thioether (sulfide) groups is 1. The smallest absolute Gasteiger partial charge is 0.303 e. The monoisotopic (exact) mass is 254 g/mol. The van der Waals surface area contributed by atoms with E-state index in [2.05, 4.69) is 0 Å². The summed E-state index contributed by atoms with van der Waals surface area (Å²) in [7, 11) is 0. The Kier molecular flexibility index (Phi) is 5.66. The zero-order valence-corrected chi connectivity index (χ0v) is 9.95. The van der Waals surface area contributed by atoms with Crippen molar-refractivity contribution in [1.29, 1.82) is 0 Å². The molecule has 1 aliphatic rings. The van der Waals surface area contributed by atoms with Crippen LogP contribution in [-0.4, -0.2) is 23.5 Å². The van der Waals surface area contributed by atoms with Crippen LogP contribution in [0.5, 0.6) is 0 Å². The van der Waals surface area contributed by atoms with Gasteiger partial charge in [-0.15, -0.1) is 0 Å². The summed E-state index contributed by atoms with van der Waals surface area (Å²) in [5, 5.41) is 0.366. The van der Waals surface area contributed by atoms with Crippen LogP contribution in [0.4, 0.5) is 13.2 Å². The zero-order valence-electron chi connectivity index (χ0n) is 9.13. The van der Waals surface area contributed by atoms with E-state index in [1.165, 1.54) is 18.2 Å². The molecule has 0 aromatic carbocycles. The third-order valence-electron chi connectivity index (χ3n) is 2.93. The van der Waals surface area contributed by atoms with Crippen molar-refractivity contribution in [2.45, 2.75) is 50.0 Å². The molecule has 0 aromatic heterocycles. The molecule has 0 bridgehead atoms. The van der Waals surface area contributed by atoms with Crippen molar-refractivity contribution < 1.29 is 18.0 Å². The standard InChI is InChI=1S/C11H17F3OS/c12-11(13,14)9(6-7-15)8-16-10-4-2-1-3-5-10/h7,9-10H,1-6,8H2. The van der Waals surface area contributed by atoms with Gasteiger partial charge in [0.25, 0.3) is 0 Å². The van der Waals surface area contributed by atoms with Crippen LogP contribution in [0.25, 0.3) is 0 Å². The summed E-state index contributed by atoms with van der Waals surface area (Å²) in [6.07, 6.45) is 1.25. The van der Waals surface area contributed by atoms with Gasteiger partial charge in [0.15, 0.2) is 0 Å². The van der Waals surface area contributed by atoms with E-state index in [0.717, 1.165) is 25.7 Å². The van der Waals surface area contributed by atoms with Crippen molar-refractivity contribution in [1.82, 2.24) is 0 Å². The van der Waals surface area contributed by atoms with Crippen LogP contribution in [0.15, 0.2) is 0 Å². The SMILES string of the molecule is O=CCC(CSC1CCCCC1)C(F)(F)F. The van der Waals surface area contributed by atoms with E-state index in [-0.39, 0.29) is 5.75 Å². The van der Waals surface area contributed by atoms with Crippen molar-refractivity contribution in [3.05, 3.63) is 0 Å². The van der Waals surface area contributed by atoms with Crippen LogP contribution >= 0.6 is 11.8 Å². The van der Waals surface area contributed by atoms with Gasteiger partial charge in [-0.1, -0.05) is 19.3 Å². The predicted octanol–water partition coefficient (Wildman–Crippen LogP) is 3.82. The molecule has 1 unspecified atom stereocenters. The van der Waals surface area contributed by atoms with Crippen molar-refractivity contribution in [2.24, 2.45) is 5.92 Å². The maximum absolute atomic E-state index is 12.5. The molecule has 0 aliphatic heterocycles. The maximum atomic E-state index is 12.5. The fourth-order valence-corrected chi connectivity index (χ4v) is 3.39.